The van der Waals surface area contributed by atoms with Crippen LogP contribution in [0.5, 0.6) is 0 Å². The normalized spacial score (nSPS) is 12.4. The van der Waals surface area contributed by atoms with Crippen molar-refractivity contribution >= 4 is 15.9 Å². The van der Waals surface area contributed by atoms with Crippen LogP contribution in [0.25, 0.3) is 0 Å². The average molecular weight is 280 g/mol. The van der Waals surface area contributed by atoms with E-state index in [1.165, 1.54) is 12.1 Å². The molecule has 0 fully saturated rings. The second-order valence-electron chi connectivity index (χ2n) is 3.58. The largest absolute Gasteiger partial charge is 0.320 e. The molecule has 16 heavy (non-hydrogen) atoms. The molecular formula is C13H11BrFN. The van der Waals surface area contributed by atoms with Gasteiger partial charge in [-0.05, 0) is 35.4 Å². The molecule has 0 spiro atoms. The number of benzene rings is 2. The summed E-state index contributed by atoms with van der Waals surface area (Å²) < 4.78 is 14.0. The van der Waals surface area contributed by atoms with Crippen LogP contribution < -0.4 is 5.73 Å². The highest BCUT2D eigenvalue weighted by atomic mass is 79.9. The minimum absolute atomic E-state index is 0.259. The third kappa shape index (κ3) is 2.49. The lowest BCUT2D eigenvalue weighted by Crippen LogP contribution is -2.11. The van der Waals surface area contributed by atoms with E-state index in [1.54, 1.807) is 6.07 Å². The van der Waals surface area contributed by atoms with Crippen LogP contribution in [0.2, 0.25) is 0 Å². The highest BCUT2D eigenvalue weighted by Crippen LogP contribution is 2.21. The maximum absolute atomic E-state index is 13.0. The van der Waals surface area contributed by atoms with Crippen molar-refractivity contribution in [1.82, 2.24) is 0 Å². The number of nitrogens with two attached hydrogens (primary N) is 1. The fraction of sp³-hybridized carbons (Fsp3) is 0.0769. The molecule has 1 nitrogen and oxygen atoms in total. The Morgan fingerprint density at radius 3 is 2.31 bits per heavy atom. The Morgan fingerprint density at radius 2 is 1.69 bits per heavy atom. The Balaban J connectivity index is 2.31. The zero-order valence-corrected chi connectivity index (χ0v) is 10.1. The standard InChI is InChI=1S/C13H11BrFN/c14-11-6-4-9(5-7-11)13(16)10-2-1-3-12(15)8-10/h1-8,13H,16H2. The predicted molar refractivity (Wildman–Crippen MR) is 66.6 cm³/mol. The third-order valence-electron chi connectivity index (χ3n) is 2.44. The van der Waals surface area contributed by atoms with E-state index in [1.807, 2.05) is 30.3 Å². The van der Waals surface area contributed by atoms with Gasteiger partial charge in [-0.1, -0.05) is 40.2 Å². The lowest BCUT2D eigenvalue weighted by Gasteiger charge is -2.12. The van der Waals surface area contributed by atoms with Crippen LogP contribution in [-0.4, -0.2) is 0 Å². The molecule has 0 amide bonds. The molecule has 2 aromatic rings. The van der Waals surface area contributed by atoms with Gasteiger partial charge in [-0.2, -0.15) is 0 Å². The summed E-state index contributed by atoms with van der Waals surface area (Å²) >= 11 is 3.36. The Kier molecular flexibility index (Phi) is 3.36. The smallest absolute Gasteiger partial charge is 0.123 e. The fourth-order valence-corrected chi connectivity index (χ4v) is 1.83. The van der Waals surface area contributed by atoms with Gasteiger partial charge in [-0.25, -0.2) is 4.39 Å². The lowest BCUT2D eigenvalue weighted by atomic mass is 10.00. The summed E-state index contributed by atoms with van der Waals surface area (Å²) in [6, 6.07) is 13.8. The van der Waals surface area contributed by atoms with Gasteiger partial charge in [-0.15, -0.1) is 0 Å². The van der Waals surface area contributed by atoms with Gasteiger partial charge in [-0.3, -0.25) is 0 Å². The molecule has 82 valence electrons. The maximum atomic E-state index is 13.0. The summed E-state index contributed by atoms with van der Waals surface area (Å²) in [5, 5.41) is 0. The Bertz CT molecular complexity index is 482. The van der Waals surface area contributed by atoms with Gasteiger partial charge in [0, 0.05) is 4.47 Å². The summed E-state index contributed by atoms with van der Waals surface area (Å²) in [6.07, 6.45) is 0. The summed E-state index contributed by atoms with van der Waals surface area (Å²) in [4.78, 5) is 0. The molecule has 0 heterocycles. The van der Waals surface area contributed by atoms with E-state index < -0.39 is 0 Å². The molecule has 2 aromatic carbocycles. The number of hydrogen-bond acceptors (Lipinski definition) is 1. The molecule has 0 aliphatic heterocycles. The molecule has 2 N–H and O–H groups in total. The van der Waals surface area contributed by atoms with Gasteiger partial charge in [0.25, 0.3) is 0 Å². The van der Waals surface area contributed by atoms with Crippen molar-refractivity contribution in [3.63, 3.8) is 0 Å². The van der Waals surface area contributed by atoms with Crippen molar-refractivity contribution in [2.24, 2.45) is 5.73 Å². The van der Waals surface area contributed by atoms with Crippen molar-refractivity contribution < 1.29 is 4.39 Å². The molecule has 2 rings (SSSR count). The molecule has 0 radical (unpaired) electrons. The monoisotopic (exact) mass is 279 g/mol. The molecule has 0 saturated carbocycles. The summed E-state index contributed by atoms with van der Waals surface area (Å²) in [7, 11) is 0. The van der Waals surface area contributed by atoms with Gasteiger partial charge in [0.05, 0.1) is 6.04 Å². The zero-order valence-electron chi connectivity index (χ0n) is 8.53. The van der Waals surface area contributed by atoms with Crippen LogP contribution in [0.3, 0.4) is 0 Å². The Morgan fingerprint density at radius 1 is 1.00 bits per heavy atom. The molecule has 3 heteroatoms. The quantitative estimate of drug-likeness (QED) is 0.893. The molecule has 0 saturated heterocycles. The summed E-state index contributed by atoms with van der Waals surface area (Å²) in [5.74, 6) is -0.259. The lowest BCUT2D eigenvalue weighted by molar-refractivity contribution is 0.623. The Labute approximate surface area is 102 Å². The minimum atomic E-state index is -0.288. The van der Waals surface area contributed by atoms with E-state index in [9.17, 15) is 4.39 Å². The van der Waals surface area contributed by atoms with Gasteiger partial charge in [0.1, 0.15) is 5.82 Å². The van der Waals surface area contributed by atoms with Crippen LogP contribution in [0.15, 0.2) is 53.0 Å². The molecule has 0 aromatic heterocycles. The summed E-state index contributed by atoms with van der Waals surface area (Å²) in [6.45, 7) is 0. The van der Waals surface area contributed by atoms with Crippen molar-refractivity contribution in [2.45, 2.75) is 6.04 Å². The highest BCUT2D eigenvalue weighted by molar-refractivity contribution is 9.10. The minimum Gasteiger partial charge on any atom is -0.320 e. The maximum Gasteiger partial charge on any atom is 0.123 e. The first-order valence-corrected chi connectivity index (χ1v) is 5.72. The fourth-order valence-electron chi connectivity index (χ4n) is 1.56. The van der Waals surface area contributed by atoms with E-state index in [-0.39, 0.29) is 11.9 Å². The average Bonchev–Trinajstić information content (AvgIpc) is 2.29. The predicted octanol–water partition coefficient (Wildman–Crippen LogP) is 3.64. The van der Waals surface area contributed by atoms with Crippen LogP contribution >= 0.6 is 15.9 Å². The van der Waals surface area contributed by atoms with E-state index in [2.05, 4.69) is 15.9 Å². The van der Waals surface area contributed by atoms with Crippen molar-refractivity contribution in [1.29, 1.82) is 0 Å². The summed E-state index contributed by atoms with van der Waals surface area (Å²) in [5.41, 5.74) is 7.80. The first kappa shape index (κ1) is 11.3. The van der Waals surface area contributed by atoms with E-state index in [4.69, 9.17) is 5.73 Å². The Hall–Kier alpha value is -1.19. The third-order valence-corrected chi connectivity index (χ3v) is 2.97. The van der Waals surface area contributed by atoms with Crippen LogP contribution in [0, 0.1) is 5.82 Å². The number of halogens is 2. The number of rotatable bonds is 2. The van der Waals surface area contributed by atoms with Gasteiger partial charge in [0.15, 0.2) is 0 Å². The highest BCUT2D eigenvalue weighted by Gasteiger charge is 2.08. The zero-order chi connectivity index (χ0) is 11.5. The molecule has 0 bridgehead atoms. The second kappa shape index (κ2) is 4.76. The molecule has 1 unspecified atom stereocenters. The molecular weight excluding hydrogens is 269 g/mol. The van der Waals surface area contributed by atoms with Crippen LogP contribution in [-0.2, 0) is 0 Å². The van der Waals surface area contributed by atoms with E-state index in [0.717, 1.165) is 15.6 Å². The second-order valence-corrected chi connectivity index (χ2v) is 4.50. The SMILES string of the molecule is NC(c1ccc(Br)cc1)c1cccc(F)c1. The topological polar surface area (TPSA) is 26.0 Å². The van der Waals surface area contributed by atoms with E-state index >= 15 is 0 Å². The van der Waals surface area contributed by atoms with Gasteiger partial charge < -0.3 is 5.73 Å². The number of hydrogen-bond donors (Lipinski definition) is 1. The molecule has 0 aliphatic rings. The first-order valence-electron chi connectivity index (χ1n) is 4.93. The van der Waals surface area contributed by atoms with Gasteiger partial charge >= 0.3 is 0 Å². The van der Waals surface area contributed by atoms with E-state index in [0.29, 0.717) is 0 Å². The van der Waals surface area contributed by atoms with Crippen molar-refractivity contribution in [3.05, 3.63) is 69.9 Å². The first-order chi connectivity index (χ1) is 7.66. The van der Waals surface area contributed by atoms with Crippen LogP contribution in [0.4, 0.5) is 4.39 Å². The molecule has 0 aliphatic carbocycles. The van der Waals surface area contributed by atoms with Gasteiger partial charge in [0.2, 0.25) is 0 Å². The van der Waals surface area contributed by atoms with Crippen molar-refractivity contribution in [2.75, 3.05) is 0 Å². The van der Waals surface area contributed by atoms with Crippen LogP contribution in [0.1, 0.15) is 17.2 Å². The van der Waals surface area contributed by atoms with Crippen molar-refractivity contribution in [3.8, 4) is 0 Å². The molecule has 1 atom stereocenters.